The van der Waals surface area contributed by atoms with Crippen LogP contribution in [0.5, 0.6) is 17.2 Å². The molecule has 0 fully saturated rings. The standard InChI is InChI=1S/C32H27N3O6/c1-38-24-11-4-20(5-12-24)30-31(21-6-13-25(39-2)14-7-21)35-28-18-22(8-17-27(28)34-30)32(37)41-19-29(36)33-23-9-15-26(40-3)16-10-23/h4-18H,19H2,1-3H3,(H,33,36). The van der Waals surface area contributed by atoms with Gasteiger partial charge in [0.2, 0.25) is 0 Å². The molecule has 206 valence electrons. The maximum Gasteiger partial charge on any atom is 0.338 e. The van der Waals surface area contributed by atoms with Gasteiger partial charge in [-0.1, -0.05) is 0 Å². The summed E-state index contributed by atoms with van der Waals surface area (Å²) in [5.74, 6) is 1.00. The first-order valence-electron chi connectivity index (χ1n) is 12.7. The molecule has 5 rings (SSSR count). The summed E-state index contributed by atoms with van der Waals surface area (Å²) in [6, 6.07) is 26.8. The highest BCUT2D eigenvalue weighted by molar-refractivity contribution is 5.97. The fourth-order valence-electron chi connectivity index (χ4n) is 4.17. The van der Waals surface area contributed by atoms with E-state index in [4.69, 9.17) is 28.9 Å². The SMILES string of the molecule is COc1ccc(NC(=O)COC(=O)c2ccc3nc(-c4ccc(OC)cc4)c(-c4ccc(OC)cc4)nc3c2)cc1. The third-order valence-electron chi connectivity index (χ3n) is 6.33. The summed E-state index contributed by atoms with van der Waals surface area (Å²) in [5.41, 5.74) is 4.91. The Morgan fingerprint density at radius 2 is 1.12 bits per heavy atom. The first-order valence-corrected chi connectivity index (χ1v) is 12.7. The smallest absolute Gasteiger partial charge is 0.338 e. The van der Waals surface area contributed by atoms with Gasteiger partial charge < -0.3 is 24.3 Å². The largest absolute Gasteiger partial charge is 0.497 e. The zero-order valence-electron chi connectivity index (χ0n) is 22.7. The average Bonchev–Trinajstić information content (AvgIpc) is 3.03. The number of rotatable bonds is 9. The Morgan fingerprint density at radius 1 is 0.634 bits per heavy atom. The Bertz CT molecular complexity index is 1680. The fourth-order valence-corrected chi connectivity index (χ4v) is 4.17. The lowest BCUT2D eigenvalue weighted by atomic mass is 10.0. The van der Waals surface area contributed by atoms with Crippen LogP contribution in [-0.4, -0.2) is 49.8 Å². The third-order valence-corrected chi connectivity index (χ3v) is 6.33. The predicted molar refractivity (Wildman–Crippen MR) is 155 cm³/mol. The topological polar surface area (TPSA) is 109 Å². The van der Waals surface area contributed by atoms with Gasteiger partial charge in [-0.2, -0.15) is 0 Å². The number of amides is 1. The van der Waals surface area contributed by atoms with Crippen molar-refractivity contribution in [3.05, 3.63) is 96.6 Å². The molecule has 0 aliphatic carbocycles. The number of ether oxygens (including phenoxy) is 4. The van der Waals surface area contributed by atoms with E-state index >= 15 is 0 Å². The molecule has 1 amide bonds. The van der Waals surface area contributed by atoms with Crippen molar-refractivity contribution in [2.45, 2.75) is 0 Å². The lowest BCUT2D eigenvalue weighted by Crippen LogP contribution is -2.20. The zero-order chi connectivity index (χ0) is 28.8. The molecular weight excluding hydrogens is 522 g/mol. The van der Waals surface area contributed by atoms with Crippen molar-refractivity contribution in [1.82, 2.24) is 9.97 Å². The second-order valence-corrected chi connectivity index (χ2v) is 8.93. The van der Waals surface area contributed by atoms with Gasteiger partial charge in [-0.05, 0) is 91.0 Å². The van der Waals surface area contributed by atoms with Gasteiger partial charge in [0.15, 0.2) is 6.61 Å². The van der Waals surface area contributed by atoms with E-state index in [2.05, 4.69) is 5.32 Å². The molecule has 0 saturated heterocycles. The van der Waals surface area contributed by atoms with Crippen LogP contribution in [-0.2, 0) is 9.53 Å². The molecule has 0 saturated carbocycles. The number of aromatic nitrogens is 2. The number of esters is 1. The molecule has 0 aliphatic rings. The minimum Gasteiger partial charge on any atom is -0.497 e. The third kappa shape index (κ3) is 6.25. The zero-order valence-corrected chi connectivity index (χ0v) is 22.7. The Morgan fingerprint density at radius 3 is 1.63 bits per heavy atom. The number of carbonyl (C=O) groups is 2. The summed E-state index contributed by atoms with van der Waals surface area (Å²) in [6.45, 7) is -0.442. The maximum absolute atomic E-state index is 12.8. The van der Waals surface area contributed by atoms with Gasteiger partial charge in [-0.25, -0.2) is 14.8 Å². The highest BCUT2D eigenvalue weighted by atomic mass is 16.5. The van der Waals surface area contributed by atoms with Gasteiger partial charge in [-0.15, -0.1) is 0 Å². The highest BCUT2D eigenvalue weighted by Gasteiger charge is 2.17. The van der Waals surface area contributed by atoms with Crippen LogP contribution in [0.3, 0.4) is 0 Å². The van der Waals surface area contributed by atoms with Gasteiger partial charge in [0.05, 0.1) is 49.3 Å². The van der Waals surface area contributed by atoms with E-state index in [1.54, 1.807) is 63.8 Å². The number of benzene rings is 4. The maximum atomic E-state index is 12.8. The Balaban J connectivity index is 1.40. The molecule has 1 aromatic heterocycles. The molecule has 1 N–H and O–H groups in total. The number of hydrogen-bond acceptors (Lipinski definition) is 8. The van der Waals surface area contributed by atoms with E-state index in [0.717, 1.165) is 22.6 Å². The Hall–Kier alpha value is -5.44. The van der Waals surface area contributed by atoms with Crippen LogP contribution < -0.4 is 19.5 Å². The van der Waals surface area contributed by atoms with Crippen molar-refractivity contribution in [2.75, 3.05) is 33.3 Å². The number of anilines is 1. The molecule has 0 spiro atoms. The van der Waals surface area contributed by atoms with E-state index in [0.29, 0.717) is 33.9 Å². The van der Waals surface area contributed by atoms with Crippen molar-refractivity contribution in [3.63, 3.8) is 0 Å². The Kier molecular flexibility index (Phi) is 8.05. The monoisotopic (exact) mass is 549 g/mol. The van der Waals surface area contributed by atoms with Crippen LogP contribution in [0.25, 0.3) is 33.5 Å². The summed E-state index contributed by atoms with van der Waals surface area (Å²) in [6.07, 6.45) is 0. The van der Waals surface area contributed by atoms with E-state index in [1.165, 1.54) is 0 Å². The first kappa shape index (κ1) is 27.1. The van der Waals surface area contributed by atoms with Crippen molar-refractivity contribution < 1.29 is 28.5 Å². The van der Waals surface area contributed by atoms with Crippen molar-refractivity contribution in [2.24, 2.45) is 0 Å². The van der Waals surface area contributed by atoms with E-state index in [9.17, 15) is 9.59 Å². The van der Waals surface area contributed by atoms with Gasteiger partial charge in [0.25, 0.3) is 5.91 Å². The first-order chi connectivity index (χ1) is 20.0. The number of fused-ring (bicyclic) bond motifs is 1. The minimum atomic E-state index is -0.649. The molecule has 0 aliphatic heterocycles. The van der Waals surface area contributed by atoms with E-state index < -0.39 is 18.5 Å². The molecule has 9 heteroatoms. The Labute approximate surface area is 236 Å². The van der Waals surface area contributed by atoms with Crippen LogP contribution in [0.15, 0.2) is 91.0 Å². The predicted octanol–water partition coefficient (Wildman–Crippen LogP) is 5.79. The molecule has 1 heterocycles. The van der Waals surface area contributed by atoms with Crippen LogP contribution in [0.1, 0.15) is 10.4 Å². The molecular formula is C32H27N3O6. The number of methoxy groups -OCH3 is 3. The number of nitrogens with zero attached hydrogens (tertiary/aromatic N) is 2. The molecule has 41 heavy (non-hydrogen) atoms. The quantitative estimate of drug-likeness (QED) is 0.230. The second kappa shape index (κ2) is 12.2. The van der Waals surface area contributed by atoms with Crippen LogP contribution in [0.2, 0.25) is 0 Å². The molecule has 4 aromatic carbocycles. The molecule has 0 atom stereocenters. The molecule has 0 unspecified atom stereocenters. The van der Waals surface area contributed by atoms with Gasteiger partial charge in [-0.3, -0.25) is 4.79 Å². The second-order valence-electron chi connectivity index (χ2n) is 8.93. The summed E-state index contributed by atoms with van der Waals surface area (Å²) < 4.78 is 21.0. The number of hydrogen-bond donors (Lipinski definition) is 1. The van der Waals surface area contributed by atoms with E-state index in [-0.39, 0.29) is 5.56 Å². The van der Waals surface area contributed by atoms with Crippen LogP contribution in [0.4, 0.5) is 5.69 Å². The summed E-state index contributed by atoms with van der Waals surface area (Å²) in [7, 11) is 4.78. The van der Waals surface area contributed by atoms with Crippen molar-refractivity contribution in [1.29, 1.82) is 0 Å². The van der Waals surface area contributed by atoms with Crippen LogP contribution in [0, 0.1) is 0 Å². The molecule has 0 radical (unpaired) electrons. The van der Waals surface area contributed by atoms with Gasteiger partial charge in [0.1, 0.15) is 17.2 Å². The summed E-state index contributed by atoms with van der Waals surface area (Å²) in [5, 5.41) is 2.68. The normalized spacial score (nSPS) is 10.6. The fraction of sp³-hybridized carbons (Fsp3) is 0.125. The minimum absolute atomic E-state index is 0.252. The number of carbonyl (C=O) groups excluding carboxylic acids is 2. The summed E-state index contributed by atoms with van der Waals surface area (Å²) >= 11 is 0. The van der Waals surface area contributed by atoms with Gasteiger partial charge in [0, 0.05) is 16.8 Å². The van der Waals surface area contributed by atoms with E-state index in [1.807, 2.05) is 48.5 Å². The lowest BCUT2D eigenvalue weighted by molar-refractivity contribution is -0.119. The average molecular weight is 550 g/mol. The molecule has 9 nitrogen and oxygen atoms in total. The van der Waals surface area contributed by atoms with Gasteiger partial charge >= 0.3 is 5.97 Å². The lowest BCUT2D eigenvalue weighted by Gasteiger charge is -2.12. The van der Waals surface area contributed by atoms with Crippen molar-refractivity contribution in [3.8, 4) is 39.8 Å². The highest BCUT2D eigenvalue weighted by Crippen LogP contribution is 2.33. The van der Waals surface area contributed by atoms with Crippen molar-refractivity contribution >= 4 is 28.6 Å². The summed E-state index contributed by atoms with van der Waals surface area (Å²) in [4.78, 5) is 34.9. The molecule has 0 bridgehead atoms. The number of nitrogens with one attached hydrogen (secondary N) is 1. The molecule has 5 aromatic rings. The van der Waals surface area contributed by atoms with Crippen LogP contribution >= 0.6 is 0 Å².